The molecule has 2 aromatic rings. The van der Waals surface area contributed by atoms with Crippen molar-refractivity contribution in [3.63, 3.8) is 0 Å². The summed E-state index contributed by atoms with van der Waals surface area (Å²) in [7, 11) is 3.45. The maximum absolute atomic E-state index is 13.7. The zero-order valence-electron chi connectivity index (χ0n) is 13.1. The average molecular weight is 290 g/mol. The highest BCUT2D eigenvalue weighted by Crippen LogP contribution is 2.22. The molecule has 1 N–H and O–H groups in total. The first-order valence-electron chi connectivity index (χ1n) is 7.20. The number of hydrogen-bond donors (Lipinski definition) is 1. The second-order valence-corrected chi connectivity index (χ2v) is 5.60. The molecule has 0 saturated carbocycles. The average Bonchev–Trinajstić information content (AvgIpc) is 2.87. The lowest BCUT2D eigenvalue weighted by Crippen LogP contribution is -2.21. The standard InChI is InChI=1S/C17H23FN2O/c1-12(2)17(19-3)14-7-8-20(11-14)10-13-5-6-16(21-4)15(18)9-13/h5-9,11-12,17,19H,10H2,1-4H3. The second kappa shape index (κ2) is 6.76. The lowest BCUT2D eigenvalue weighted by molar-refractivity contribution is 0.386. The molecule has 0 aliphatic carbocycles. The van der Waals surface area contributed by atoms with Gasteiger partial charge < -0.3 is 14.6 Å². The largest absolute Gasteiger partial charge is 0.494 e. The molecule has 3 nitrogen and oxygen atoms in total. The Morgan fingerprint density at radius 1 is 1.29 bits per heavy atom. The van der Waals surface area contributed by atoms with Crippen LogP contribution in [0.25, 0.3) is 0 Å². The second-order valence-electron chi connectivity index (χ2n) is 5.60. The highest BCUT2D eigenvalue weighted by molar-refractivity contribution is 5.29. The number of hydrogen-bond acceptors (Lipinski definition) is 2. The van der Waals surface area contributed by atoms with Gasteiger partial charge in [0.25, 0.3) is 0 Å². The van der Waals surface area contributed by atoms with Gasteiger partial charge in [0.2, 0.25) is 0 Å². The molecule has 1 heterocycles. The molecule has 1 aromatic carbocycles. The Labute approximate surface area is 125 Å². The molecule has 0 aliphatic rings. The van der Waals surface area contributed by atoms with E-state index in [0.29, 0.717) is 18.5 Å². The third-order valence-corrected chi connectivity index (χ3v) is 3.69. The molecular formula is C17H23FN2O. The fourth-order valence-electron chi connectivity index (χ4n) is 2.65. The zero-order valence-corrected chi connectivity index (χ0v) is 13.1. The Hall–Kier alpha value is -1.81. The van der Waals surface area contributed by atoms with Gasteiger partial charge in [0.05, 0.1) is 7.11 Å². The van der Waals surface area contributed by atoms with Crippen LogP contribution in [-0.4, -0.2) is 18.7 Å². The Kier molecular flexibility index (Phi) is 5.02. The summed E-state index contributed by atoms with van der Waals surface area (Å²) in [5, 5.41) is 3.33. The third-order valence-electron chi connectivity index (χ3n) is 3.69. The minimum atomic E-state index is -0.322. The van der Waals surface area contributed by atoms with Crippen LogP contribution in [-0.2, 0) is 6.54 Å². The Morgan fingerprint density at radius 3 is 2.62 bits per heavy atom. The number of nitrogens with zero attached hydrogens (tertiary/aromatic N) is 1. The van der Waals surface area contributed by atoms with E-state index in [1.165, 1.54) is 18.7 Å². The molecule has 114 valence electrons. The van der Waals surface area contributed by atoms with Gasteiger partial charge in [-0.1, -0.05) is 19.9 Å². The molecule has 4 heteroatoms. The minimum absolute atomic E-state index is 0.280. The smallest absolute Gasteiger partial charge is 0.165 e. The lowest BCUT2D eigenvalue weighted by atomic mass is 9.99. The van der Waals surface area contributed by atoms with Gasteiger partial charge in [0.1, 0.15) is 0 Å². The minimum Gasteiger partial charge on any atom is -0.494 e. The fourth-order valence-corrected chi connectivity index (χ4v) is 2.65. The van der Waals surface area contributed by atoms with E-state index >= 15 is 0 Å². The molecule has 0 radical (unpaired) electrons. The molecule has 21 heavy (non-hydrogen) atoms. The van der Waals surface area contributed by atoms with E-state index in [2.05, 4.69) is 36.0 Å². The number of rotatable bonds is 6. The predicted octanol–water partition coefficient (Wildman–Crippen LogP) is 3.60. The highest BCUT2D eigenvalue weighted by atomic mass is 19.1. The van der Waals surface area contributed by atoms with Crippen molar-refractivity contribution < 1.29 is 9.13 Å². The number of aromatic nitrogens is 1. The summed E-state index contributed by atoms with van der Waals surface area (Å²) in [6.07, 6.45) is 4.15. The first-order valence-corrected chi connectivity index (χ1v) is 7.20. The van der Waals surface area contributed by atoms with Crippen LogP contribution in [0.4, 0.5) is 4.39 Å². The van der Waals surface area contributed by atoms with Gasteiger partial charge in [-0.2, -0.15) is 0 Å². The molecule has 2 rings (SSSR count). The van der Waals surface area contributed by atoms with Crippen molar-refractivity contribution >= 4 is 0 Å². The number of nitrogens with one attached hydrogen (secondary N) is 1. The summed E-state index contributed by atoms with van der Waals surface area (Å²) in [6, 6.07) is 7.52. The van der Waals surface area contributed by atoms with E-state index in [4.69, 9.17) is 4.74 Å². The maximum Gasteiger partial charge on any atom is 0.165 e. The number of ether oxygens (including phenoxy) is 1. The molecule has 1 unspecified atom stereocenters. The zero-order chi connectivity index (χ0) is 15.4. The van der Waals surface area contributed by atoms with E-state index in [1.807, 2.05) is 19.3 Å². The molecular weight excluding hydrogens is 267 g/mol. The van der Waals surface area contributed by atoms with Gasteiger partial charge in [-0.25, -0.2) is 4.39 Å². The SMILES string of the molecule is CNC(c1ccn(Cc2ccc(OC)c(F)c2)c1)C(C)C. The van der Waals surface area contributed by atoms with E-state index in [1.54, 1.807) is 6.07 Å². The van der Waals surface area contributed by atoms with Crippen LogP contribution >= 0.6 is 0 Å². The summed E-state index contributed by atoms with van der Waals surface area (Å²) in [4.78, 5) is 0. The number of halogens is 1. The van der Waals surface area contributed by atoms with Crippen LogP contribution in [0, 0.1) is 11.7 Å². The van der Waals surface area contributed by atoms with Crippen LogP contribution in [0.3, 0.4) is 0 Å². The molecule has 0 spiro atoms. The number of methoxy groups -OCH3 is 1. The molecule has 0 saturated heterocycles. The maximum atomic E-state index is 13.7. The first kappa shape index (κ1) is 15.6. The summed E-state index contributed by atoms with van der Waals surface area (Å²) >= 11 is 0. The summed E-state index contributed by atoms with van der Waals surface area (Å²) < 4.78 is 20.7. The van der Waals surface area contributed by atoms with Gasteiger partial charge >= 0.3 is 0 Å². The van der Waals surface area contributed by atoms with Crippen molar-refractivity contribution in [2.45, 2.75) is 26.4 Å². The van der Waals surface area contributed by atoms with Gasteiger partial charge in [-0.15, -0.1) is 0 Å². The molecule has 0 fully saturated rings. The molecule has 1 aromatic heterocycles. The van der Waals surface area contributed by atoms with Crippen molar-refractivity contribution in [1.29, 1.82) is 0 Å². The van der Waals surface area contributed by atoms with Gasteiger partial charge in [0.15, 0.2) is 11.6 Å². The van der Waals surface area contributed by atoms with Crippen LogP contribution in [0.15, 0.2) is 36.7 Å². The van der Waals surface area contributed by atoms with Crippen molar-refractivity contribution in [1.82, 2.24) is 9.88 Å². The summed E-state index contributed by atoms with van der Waals surface area (Å²) in [6.45, 7) is 5.03. The van der Waals surface area contributed by atoms with Crippen molar-refractivity contribution in [3.8, 4) is 5.75 Å². The third kappa shape index (κ3) is 3.64. The molecule has 1 atom stereocenters. The normalized spacial score (nSPS) is 12.7. The molecule has 0 amide bonds. The van der Waals surface area contributed by atoms with Crippen LogP contribution in [0.5, 0.6) is 5.75 Å². The quantitative estimate of drug-likeness (QED) is 0.879. The van der Waals surface area contributed by atoms with Gasteiger partial charge in [0, 0.05) is 25.0 Å². The van der Waals surface area contributed by atoms with Crippen molar-refractivity contribution in [3.05, 3.63) is 53.6 Å². The topological polar surface area (TPSA) is 26.2 Å². The van der Waals surface area contributed by atoms with Crippen LogP contribution in [0.1, 0.15) is 31.0 Å². The Morgan fingerprint density at radius 2 is 2.05 bits per heavy atom. The Balaban J connectivity index is 2.14. The molecule has 0 bridgehead atoms. The van der Waals surface area contributed by atoms with Crippen molar-refractivity contribution in [2.75, 3.05) is 14.2 Å². The van der Waals surface area contributed by atoms with Gasteiger partial charge in [-0.05, 0) is 42.3 Å². The van der Waals surface area contributed by atoms with Crippen molar-refractivity contribution in [2.24, 2.45) is 5.92 Å². The van der Waals surface area contributed by atoms with Crippen LogP contribution < -0.4 is 10.1 Å². The first-order chi connectivity index (χ1) is 10.0. The Bertz CT molecular complexity index is 592. The highest BCUT2D eigenvalue weighted by Gasteiger charge is 2.14. The van der Waals surface area contributed by atoms with E-state index < -0.39 is 0 Å². The monoisotopic (exact) mass is 290 g/mol. The molecule has 0 aliphatic heterocycles. The van der Waals surface area contributed by atoms with E-state index in [0.717, 1.165) is 5.56 Å². The predicted molar refractivity (Wildman–Crippen MR) is 83.1 cm³/mol. The van der Waals surface area contributed by atoms with Gasteiger partial charge in [-0.3, -0.25) is 0 Å². The lowest BCUT2D eigenvalue weighted by Gasteiger charge is -2.18. The summed E-state index contributed by atoms with van der Waals surface area (Å²) in [5.41, 5.74) is 2.17. The van der Waals surface area contributed by atoms with E-state index in [9.17, 15) is 4.39 Å². The fraction of sp³-hybridized carbons (Fsp3) is 0.412. The van der Waals surface area contributed by atoms with Crippen LogP contribution in [0.2, 0.25) is 0 Å². The van der Waals surface area contributed by atoms with E-state index in [-0.39, 0.29) is 11.6 Å². The summed E-state index contributed by atoms with van der Waals surface area (Å²) in [5.74, 6) is 0.476. The number of benzene rings is 1.